The molecule has 0 spiro atoms. The van der Waals surface area contributed by atoms with Gasteiger partial charge in [-0.15, -0.1) is 4.83 Å². The van der Waals surface area contributed by atoms with Gasteiger partial charge >= 0.3 is 6.09 Å². The SMILES string of the molecule is Cc1ccc(S(=O)(=O)NNC(=O)OCc2ccccc2)cc1. The number of carbonyl (C=O) groups excluding carboxylic acids is 1. The van der Waals surface area contributed by atoms with Crippen molar-refractivity contribution in [3.05, 3.63) is 65.7 Å². The highest BCUT2D eigenvalue weighted by atomic mass is 32.2. The number of amides is 1. The predicted octanol–water partition coefficient (Wildman–Crippen LogP) is 2.11. The summed E-state index contributed by atoms with van der Waals surface area (Å²) in [6.07, 6.45) is -0.875. The molecule has 1 amide bonds. The van der Waals surface area contributed by atoms with Crippen molar-refractivity contribution in [2.75, 3.05) is 0 Å². The van der Waals surface area contributed by atoms with E-state index in [1.165, 1.54) is 12.1 Å². The van der Waals surface area contributed by atoms with Crippen LogP contribution in [0.15, 0.2) is 59.5 Å². The monoisotopic (exact) mass is 320 g/mol. The molecule has 2 rings (SSSR count). The fourth-order valence-electron chi connectivity index (χ4n) is 1.64. The topological polar surface area (TPSA) is 84.5 Å². The van der Waals surface area contributed by atoms with Crippen LogP contribution in [0.3, 0.4) is 0 Å². The average molecular weight is 320 g/mol. The third-order valence-electron chi connectivity index (χ3n) is 2.83. The van der Waals surface area contributed by atoms with E-state index in [1.54, 1.807) is 24.3 Å². The van der Waals surface area contributed by atoms with Crippen molar-refractivity contribution in [3.8, 4) is 0 Å². The molecule has 7 heteroatoms. The van der Waals surface area contributed by atoms with Crippen molar-refractivity contribution in [1.82, 2.24) is 10.3 Å². The summed E-state index contributed by atoms with van der Waals surface area (Å²) < 4.78 is 28.8. The fourth-order valence-corrected chi connectivity index (χ4v) is 2.47. The molecule has 2 aromatic rings. The lowest BCUT2D eigenvalue weighted by Crippen LogP contribution is -2.41. The highest BCUT2D eigenvalue weighted by Crippen LogP contribution is 2.09. The van der Waals surface area contributed by atoms with Gasteiger partial charge in [-0.2, -0.15) is 0 Å². The van der Waals surface area contributed by atoms with E-state index < -0.39 is 16.1 Å². The van der Waals surface area contributed by atoms with Gasteiger partial charge in [-0.1, -0.05) is 48.0 Å². The Balaban J connectivity index is 1.86. The lowest BCUT2D eigenvalue weighted by molar-refractivity contribution is 0.138. The van der Waals surface area contributed by atoms with Crippen LogP contribution in [0, 0.1) is 6.92 Å². The number of sulfonamides is 1. The summed E-state index contributed by atoms with van der Waals surface area (Å²) in [6.45, 7) is 1.90. The molecule has 22 heavy (non-hydrogen) atoms. The van der Waals surface area contributed by atoms with Gasteiger partial charge in [-0.05, 0) is 24.6 Å². The van der Waals surface area contributed by atoms with Crippen LogP contribution in [0.1, 0.15) is 11.1 Å². The molecule has 0 heterocycles. The minimum atomic E-state index is -3.82. The van der Waals surface area contributed by atoms with Crippen molar-refractivity contribution < 1.29 is 17.9 Å². The maximum atomic E-state index is 11.9. The molecule has 6 nitrogen and oxygen atoms in total. The zero-order valence-electron chi connectivity index (χ0n) is 11.9. The Hall–Kier alpha value is -2.38. The first-order chi connectivity index (χ1) is 10.5. The van der Waals surface area contributed by atoms with Gasteiger partial charge in [0.05, 0.1) is 4.90 Å². The number of benzene rings is 2. The molecule has 116 valence electrons. The second-order valence-electron chi connectivity index (χ2n) is 4.61. The molecule has 2 aromatic carbocycles. The molecule has 0 aliphatic carbocycles. The molecule has 0 saturated carbocycles. The molecule has 0 aliphatic rings. The minimum Gasteiger partial charge on any atom is -0.444 e. The van der Waals surface area contributed by atoms with Crippen molar-refractivity contribution in [2.45, 2.75) is 18.4 Å². The standard InChI is InChI=1S/C15H16N2O4S/c1-12-7-9-14(10-8-12)22(19,20)17-16-15(18)21-11-13-5-3-2-4-6-13/h2-10,17H,11H2,1H3,(H,16,18). The molecule has 0 atom stereocenters. The summed E-state index contributed by atoms with van der Waals surface area (Å²) in [7, 11) is -3.82. The predicted molar refractivity (Wildman–Crippen MR) is 81.3 cm³/mol. The number of rotatable bonds is 5. The zero-order chi connectivity index (χ0) is 16.0. The first-order valence-corrected chi connectivity index (χ1v) is 8.01. The molecule has 0 aromatic heterocycles. The number of hydrazine groups is 1. The second kappa shape index (κ2) is 7.06. The van der Waals surface area contributed by atoms with Crippen LogP contribution in [-0.2, 0) is 21.4 Å². The van der Waals surface area contributed by atoms with Gasteiger partial charge in [0.15, 0.2) is 0 Å². The normalized spacial score (nSPS) is 11.0. The first kappa shape index (κ1) is 16.0. The molecular weight excluding hydrogens is 304 g/mol. The van der Waals surface area contributed by atoms with E-state index in [2.05, 4.69) is 0 Å². The minimum absolute atomic E-state index is 0.0545. The van der Waals surface area contributed by atoms with Gasteiger partial charge in [-0.3, -0.25) is 0 Å². The van der Waals surface area contributed by atoms with E-state index in [0.717, 1.165) is 11.1 Å². The van der Waals surface area contributed by atoms with Crippen LogP contribution in [0.2, 0.25) is 0 Å². The van der Waals surface area contributed by atoms with Gasteiger partial charge < -0.3 is 4.74 Å². The summed E-state index contributed by atoms with van der Waals surface area (Å²) in [5, 5.41) is 0. The Morgan fingerprint density at radius 1 is 1.05 bits per heavy atom. The Labute approximate surface area is 129 Å². The average Bonchev–Trinajstić information content (AvgIpc) is 2.52. The summed E-state index contributed by atoms with van der Waals surface area (Å²) >= 11 is 0. The Morgan fingerprint density at radius 3 is 2.32 bits per heavy atom. The van der Waals surface area contributed by atoms with E-state index in [0.29, 0.717) is 0 Å². The van der Waals surface area contributed by atoms with Crippen LogP contribution < -0.4 is 10.3 Å². The molecule has 0 aliphatic heterocycles. The Bertz CT molecular complexity index is 728. The number of aryl methyl sites for hydroxylation is 1. The van der Waals surface area contributed by atoms with Crippen molar-refractivity contribution in [1.29, 1.82) is 0 Å². The molecular formula is C15H16N2O4S. The highest BCUT2D eigenvalue weighted by molar-refractivity contribution is 7.89. The van der Waals surface area contributed by atoms with E-state index in [-0.39, 0.29) is 11.5 Å². The first-order valence-electron chi connectivity index (χ1n) is 6.52. The van der Waals surface area contributed by atoms with E-state index in [9.17, 15) is 13.2 Å². The quantitative estimate of drug-likeness (QED) is 0.826. The molecule has 2 N–H and O–H groups in total. The largest absolute Gasteiger partial charge is 0.444 e. The molecule has 0 radical (unpaired) electrons. The van der Waals surface area contributed by atoms with Gasteiger partial charge in [0.1, 0.15) is 6.61 Å². The number of ether oxygens (including phenoxy) is 1. The van der Waals surface area contributed by atoms with Crippen LogP contribution in [0.4, 0.5) is 4.79 Å². The summed E-state index contributed by atoms with van der Waals surface area (Å²) in [5.41, 5.74) is 3.75. The second-order valence-corrected chi connectivity index (χ2v) is 6.29. The summed E-state index contributed by atoms with van der Waals surface area (Å²) in [6, 6.07) is 15.3. The van der Waals surface area contributed by atoms with E-state index in [4.69, 9.17) is 4.74 Å². The number of hydrogen-bond donors (Lipinski definition) is 2. The maximum Gasteiger partial charge on any atom is 0.422 e. The van der Waals surface area contributed by atoms with Gasteiger partial charge in [0.25, 0.3) is 10.0 Å². The maximum absolute atomic E-state index is 11.9. The third-order valence-corrected chi connectivity index (χ3v) is 4.10. The van der Waals surface area contributed by atoms with Crippen LogP contribution in [0.5, 0.6) is 0 Å². The lowest BCUT2D eigenvalue weighted by Gasteiger charge is -2.09. The van der Waals surface area contributed by atoms with Gasteiger partial charge in [0, 0.05) is 0 Å². The molecule has 0 saturated heterocycles. The van der Waals surface area contributed by atoms with Crippen molar-refractivity contribution in [2.24, 2.45) is 0 Å². The summed E-state index contributed by atoms with van der Waals surface area (Å²) in [5.74, 6) is 0. The van der Waals surface area contributed by atoms with Crippen molar-refractivity contribution in [3.63, 3.8) is 0 Å². The Morgan fingerprint density at radius 2 is 1.68 bits per heavy atom. The molecule has 0 bridgehead atoms. The van der Waals surface area contributed by atoms with Crippen LogP contribution in [-0.4, -0.2) is 14.5 Å². The van der Waals surface area contributed by atoms with Gasteiger partial charge in [0.2, 0.25) is 0 Å². The number of nitrogens with one attached hydrogen (secondary N) is 2. The molecule has 0 unspecified atom stereocenters. The van der Waals surface area contributed by atoms with Gasteiger partial charge in [-0.25, -0.2) is 18.6 Å². The van der Waals surface area contributed by atoms with Crippen LogP contribution >= 0.6 is 0 Å². The van der Waals surface area contributed by atoms with Crippen molar-refractivity contribution >= 4 is 16.1 Å². The zero-order valence-corrected chi connectivity index (χ0v) is 12.8. The van der Waals surface area contributed by atoms with E-state index in [1.807, 2.05) is 35.4 Å². The third kappa shape index (κ3) is 4.57. The smallest absolute Gasteiger partial charge is 0.422 e. The molecule has 0 fully saturated rings. The summed E-state index contributed by atoms with van der Waals surface area (Å²) in [4.78, 5) is 13.5. The van der Waals surface area contributed by atoms with E-state index >= 15 is 0 Å². The number of carbonyl (C=O) groups is 1. The number of hydrogen-bond acceptors (Lipinski definition) is 4. The Kier molecular flexibility index (Phi) is 5.13. The lowest BCUT2D eigenvalue weighted by atomic mass is 10.2. The fraction of sp³-hybridized carbons (Fsp3) is 0.133. The van der Waals surface area contributed by atoms with Crippen LogP contribution in [0.25, 0.3) is 0 Å². The highest BCUT2D eigenvalue weighted by Gasteiger charge is 2.15.